The molecule has 0 aliphatic heterocycles. The Bertz CT molecular complexity index is 137. The van der Waals surface area contributed by atoms with Crippen molar-refractivity contribution < 1.29 is 0 Å². The van der Waals surface area contributed by atoms with Gasteiger partial charge in [-0.3, -0.25) is 0 Å². The minimum Gasteiger partial charge on any atom is -0.0654 e. The molecule has 0 aliphatic carbocycles. The first-order chi connectivity index (χ1) is 7.60. The predicted octanol–water partition coefficient (Wildman–Crippen LogP) is 6.06. The van der Waals surface area contributed by atoms with Gasteiger partial charge in [-0.15, -0.1) is 0 Å². The summed E-state index contributed by atoms with van der Waals surface area (Å²) < 4.78 is 0. The third-order valence-electron chi connectivity index (χ3n) is 3.64. The van der Waals surface area contributed by atoms with E-state index in [-0.39, 0.29) is 0 Å². The van der Waals surface area contributed by atoms with E-state index in [4.69, 9.17) is 0 Å². The Balaban J connectivity index is 3.81. The van der Waals surface area contributed by atoms with Crippen molar-refractivity contribution in [1.29, 1.82) is 0 Å². The Morgan fingerprint density at radius 2 is 1.44 bits per heavy atom. The van der Waals surface area contributed by atoms with Crippen LogP contribution in [0.1, 0.15) is 86.0 Å². The minimum atomic E-state index is 0.880. The summed E-state index contributed by atoms with van der Waals surface area (Å²) in [5.74, 6) is 2.83. The summed E-state index contributed by atoms with van der Waals surface area (Å²) >= 11 is 0. The summed E-state index contributed by atoms with van der Waals surface area (Å²) in [7, 11) is 0. The van der Waals surface area contributed by atoms with E-state index in [1.54, 1.807) is 0 Å². The summed E-state index contributed by atoms with van der Waals surface area (Å²) in [5, 5.41) is 0. The normalized spacial score (nSPS) is 15.4. The van der Waals surface area contributed by atoms with Crippen molar-refractivity contribution in [3.05, 3.63) is 0 Å². The molecular formula is C16H34. The van der Waals surface area contributed by atoms with Crippen molar-refractivity contribution >= 4 is 0 Å². The van der Waals surface area contributed by atoms with Crippen LogP contribution in [-0.2, 0) is 0 Å². The Hall–Kier alpha value is 0. The molecular weight excluding hydrogens is 192 g/mol. The van der Waals surface area contributed by atoms with Crippen molar-refractivity contribution in [2.45, 2.75) is 86.0 Å². The maximum absolute atomic E-state index is 2.45. The number of unbranched alkanes of at least 4 members (excludes halogenated alkanes) is 1. The Kier molecular flexibility index (Phi) is 10.2. The molecule has 0 spiro atoms. The van der Waals surface area contributed by atoms with E-state index in [0.29, 0.717) is 0 Å². The van der Waals surface area contributed by atoms with Gasteiger partial charge < -0.3 is 0 Å². The van der Waals surface area contributed by atoms with Gasteiger partial charge in [0.1, 0.15) is 0 Å². The highest BCUT2D eigenvalue weighted by atomic mass is 14.2. The zero-order valence-corrected chi connectivity index (χ0v) is 12.4. The van der Waals surface area contributed by atoms with E-state index in [1.807, 2.05) is 0 Å². The summed E-state index contributed by atoms with van der Waals surface area (Å²) in [6.07, 6.45) is 11.4. The second-order valence-corrected chi connectivity index (χ2v) is 6.11. The Morgan fingerprint density at radius 1 is 0.750 bits per heavy atom. The molecule has 0 N–H and O–H groups in total. The van der Waals surface area contributed by atoms with Gasteiger partial charge in [0.15, 0.2) is 0 Å². The molecule has 0 saturated heterocycles. The summed E-state index contributed by atoms with van der Waals surface area (Å²) in [4.78, 5) is 0. The lowest BCUT2D eigenvalue weighted by atomic mass is 9.85. The topological polar surface area (TPSA) is 0 Å². The van der Waals surface area contributed by atoms with E-state index < -0.39 is 0 Å². The van der Waals surface area contributed by atoms with Gasteiger partial charge in [0.25, 0.3) is 0 Å². The van der Waals surface area contributed by atoms with Crippen LogP contribution < -0.4 is 0 Å². The van der Waals surface area contributed by atoms with Crippen LogP contribution in [0.15, 0.2) is 0 Å². The van der Waals surface area contributed by atoms with Crippen LogP contribution in [-0.4, -0.2) is 0 Å². The molecule has 0 amide bonds. The molecule has 0 aromatic rings. The fourth-order valence-electron chi connectivity index (χ4n) is 2.60. The lowest BCUT2D eigenvalue weighted by Crippen LogP contribution is -2.08. The van der Waals surface area contributed by atoms with Gasteiger partial charge in [-0.2, -0.15) is 0 Å². The number of hydrogen-bond acceptors (Lipinski definition) is 0. The van der Waals surface area contributed by atoms with Crippen molar-refractivity contribution in [3.63, 3.8) is 0 Å². The van der Waals surface area contributed by atoms with Gasteiger partial charge in [0.2, 0.25) is 0 Å². The van der Waals surface area contributed by atoms with E-state index in [9.17, 15) is 0 Å². The molecule has 0 bridgehead atoms. The standard InChI is InChI=1S/C16H34/c1-6-8-10-15(5)13-16(9-7-2)12-11-14(3)4/h14-16H,6-13H2,1-5H3. The molecule has 0 aromatic heterocycles. The molecule has 0 rings (SSSR count). The van der Waals surface area contributed by atoms with Gasteiger partial charge in [-0.1, -0.05) is 79.6 Å². The van der Waals surface area contributed by atoms with E-state index in [0.717, 1.165) is 17.8 Å². The Morgan fingerprint density at radius 3 is 1.94 bits per heavy atom. The molecule has 98 valence electrons. The third-order valence-corrected chi connectivity index (χ3v) is 3.64. The number of hydrogen-bond donors (Lipinski definition) is 0. The monoisotopic (exact) mass is 226 g/mol. The Labute approximate surface area is 104 Å². The fourth-order valence-corrected chi connectivity index (χ4v) is 2.60. The molecule has 0 aliphatic rings. The highest BCUT2D eigenvalue weighted by Crippen LogP contribution is 2.26. The van der Waals surface area contributed by atoms with Crippen LogP contribution in [0.25, 0.3) is 0 Å². The molecule has 0 saturated carbocycles. The van der Waals surface area contributed by atoms with Crippen molar-refractivity contribution in [1.82, 2.24) is 0 Å². The van der Waals surface area contributed by atoms with Crippen LogP contribution in [0.2, 0.25) is 0 Å². The van der Waals surface area contributed by atoms with Crippen LogP contribution in [0.3, 0.4) is 0 Å². The molecule has 0 fully saturated rings. The summed E-state index contributed by atoms with van der Waals surface area (Å²) in [6.45, 7) is 11.8. The first-order valence-electron chi connectivity index (χ1n) is 7.60. The maximum atomic E-state index is 2.45. The van der Waals surface area contributed by atoms with Crippen LogP contribution in [0.4, 0.5) is 0 Å². The lowest BCUT2D eigenvalue weighted by Gasteiger charge is -2.21. The van der Waals surface area contributed by atoms with Crippen LogP contribution in [0, 0.1) is 17.8 Å². The van der Waals surface area contributed by atoms with Gasteiger partial charge >= 0.3 is 0 Å². The number of rotatable bonds is 10. The predicted molar refractivity (Wildman–Crippen MR) is 75.8 cm³/mol. The molecule has 16 heavy (non-hydrogen) atoms. The molecule has 0 radical (unpaired) electrons. The largest absolute Gasteiger partial charge is 0.0654 e. The molecule has 0 nitrogen and oxygen atoms in total. The van der Waals surface area contributed by atoms with Crippen molar-refractivity contribution in [3.8, 4) is 0 Å². The first kappa shape index (κ1) is 16.0. The third kappa shape index (κ3) is 9.24. The fraction of sp³-hybridized carbons (Fsp3) is 1.00. The average molecular weight is 226 g/mol. The van der Waals surface area contributed by atoms with Crippen molar-refractivity contribution in [2.75, 3.05) is 0 Å². The molecule has 0 heterocycles. The first-order valence-corrected chi connectivity index (χ1v) is 7.60. The molecule has 2 unspecified atom stereocenters. The van der Waals surface area contributed by atoms with Gasteiger partial charge in [0.05, 0.1) is 0 Å². The summed E-state index contributed by atoms with van der Waals surface area (Å²) in [5.41, 5.74) is 0. The SMILES string of the molecule is CCCCC(C)CC(CCC)CCC(C)C. The van der Waals surface area contributed by atoms with Gasteiger partial charge in [-0.05, 0) is 24.2 Å². The zero-order chi connectivity index (χ0) is 12.4. The zero-order valence-electron chi connectivity index (χ0n) is 12.4. The van der Waals surface area contributed by atoms with Crippen molar-refractivity contribution in [2.24, 2.45) is 17.8 Å². The smallest absolute Gasteiger partial charge is 0.0412 e. The van der Waals surface area contributed by atoms with E-state index in [1.165, 1.54) is 51.4 Å². The van der Waals surface area contributed by atoms with E-state index in [2.05, 4.69) is 34.6 Å². The van der Waals surface area contributed by atoms with E-state index >= 15 is 0 Å². The quantitative estimate of drug-likeness (QED) is 0.425. The highest BCUT2D eigenvalue weighted by molar-refractivity contribution is 4.65. The lowest BCUT2D eigenvalue weighted by molar-refractivity contribution is 0.312. The molecule has 0 heteroatoms. The average Bonchev–Trinajstić information content (AvgIpc) is 2.23. The minimum absolute atomic E-state index is 0.880. The second-order valence-electron chi connectivity index (χ2n) is 6.11. The van der Waals surface area contributed by atoms with Crippen LogP contribution >= 0.6 is 0 Å². The second kappa shape index (κ2) is 10.2. The highest BCUT2D eigenvalue weighted by Gasteiger charge is 2.12. The molecule has 0 aromatic carbocycles. The van der Waals surface area contributed by atoms with Gasteiger partial charge in [-0.25, -0.2) is 0 Å². The van der Waals surface area contributed by atoms with Crippen LogP contribution in [0.5, 0.6) is 0 Å². The van der Waals surface area contributed by atoms with Gasteiger partial charge in [0, 0.05) is 0 Å². The maximum Gasteiger partial charge on any atom is -0.0412 e. The molecule has 2 atom stereocenters. The summed E-state index contributed by atoms with van der Waals surface area (Å²) in [6, 6.07) is 0.